The van der Waals surface area contributed by atoms with Crippen molar-refractivity contribution in [1.29, 1.82) is 0 Å². The van der Waals surface area contributed by atoms with Gasteiger partial charge in [-0.1, -0.05) is 30.3 Å². The quantitative estimate of drug-likeness (QED) is 0.905. The Balaban J connectivity index is 1.40. The molecule has 0 bridgehead atoms. The van der Waals surface area contributed by atoms with E-state index < -0.39 is 0 Å². The van der Waals surface area contributed by atoms with Crippen LogP contribution in [0.1, 0.15) is 41.2 Å². The highest BCUT2D eigenvalue weighted by Crippen LogP contribution is 2.27. The molecule has 0 saturated carbocycles. The Hall–Kier alpha value is -2.76. The molecule has 25 heavy (non-hydrogen) atoms. The van der Waals surface area contributed by atoms with Crippen LogP contribution in [0.2, 0.25) is 0 Å². The molecule has 1 saturated heterocycles. The van der Waals surface area contributed by atoms with Crippen LogP contribution in [0.4, 0.5) is 0 Å². The number of nitrogens with one attached hydrogen (secondary N) is 1. The molecule has 2 heterocycles. The van der Waals surface area contributed by atoms with E-state index in [-0.39, 0.29) is 17.5 Å². The normalized spacial score (nSPS) is 15.0. The summed E-state index contributed by atoms with van der Waals surface area (Å²) in [4.78, 5) is 33.9. The number of amides is 2. The Labute approximate surface area is 147 Å². The van der Waals surface area contributed by atoms with Gasteiger partial charge in [-0.05, 0) is 24.3 Å². The summed E-state index contributed by atoms with van der Waals surface area (Å²) in [5, 5.41) is 2.71. The van der Waals surface area contributed by atoms with Crippen LogP contribution in [-0.4, -0.2) is 46.3 Å². The van der Waals surface area contributed by atoms with Gasteiger partial charge in [-0.15, -0.1) is 0 Å². The average Bonchev–Trinajstić information content (AvgIpc) is 2.69. The third-order valence-corrected chi connectivity index (χ3v) is 4.54. The molecule has 3 rings (SSSR count). The van der Waals surface area contributed by atoms with Crippen molar-refractivity contribution in [1.82, 2.24) is 20.2 Å². The number of aromatic nitrogens is 2. The maximum absolute atomic E-state index is 12.3. The molecule has 130 valence electrons. The van der Waals surface area contributed by atoms with Crippen molar-refractivity contribution < 1.29 is 9.59 Å². The van der Waals surface area contributed by atoms with Gasteiger partial charge in [0.2, 0.25) is 5.91 Å². The number of benzene rings is 1. The second-order valence-electron chi connectivity index (χ2n) is 6.16. The largest absolute Gasteiger partial charge is 0.350 e. The lowest BCUT2D eigenvalue weighted by Crippen LogP contribution is -2.39. The molecule has 0 aliphatic carbocycles. The van der Waals surface area contributed by atoms with Crippen LogP contribution in [-0.2, 0) is 4.79 Å². The highest BCUT2D eigenvalue weighted by atomic mass is 16.2. The molecular formula is C19H22N4O2. The van der Waals surface area contributed by atoms with Crippen LogP contribution in [0, 0.1) is 0 Å². The van der Waals surface area contributed by atoms with Gasteiger partial charge in [-0.3, -0.25) is 14.6 Å². The van der Waals surface area contributed by atoms with E-state index in [2.05, 4.69) is 39.6 Å². The molecule has 1 fully saturated rings. The monoisotopic (exact) mass is 338 g/mol. The smallest absolute Gasteiger partial charge is 0.271 e. The fourth-order valence-corrected chi connectivity index (χ4v) is 3.14. The van der Waals surface area contributed by atoms with Gasteiger partial charge in [-0.2, -0.15) is 0 Å². The van der Waals surface area contributed by atoms with Crippen molar-refractivity contribution in [3.63, 3.8) is 0 Å². The highest BCUT2D eigenvalue weighted by Gasteiger charge is 2.23. The summed E-state index contributed by atoms with van der Waals surface area (Å²) < 4.78 is 0. The summed E-state index contributed by atoms with van der Waals surface area (Å²) >= 11 is 0. The number of likely N-dealkylation sites (tertiary alicyclic amines) is 1. The van der Waals surface area contributed by atoms with Gasteiger partial charge in [0.05, 0.1) is 6.20 Å². The number of nitrogens with zero attached hydrogens (tertiary/aromatic N) is 3. The maximum Gasteiger partial charge on any atom is 0.271 e. The maximum atomic E-state index is 12.3. The Kier molecular flexibility index (Phi) is 5.72. The first-order chi connectivity index (χ1) is 12.2. The minimum Gasteiger partial charge on any atom is -0.350 e. The fourth-order valence-electron chi connectivity index (χ4n) is 3.14. The van der Waals surface area contributed by atoms with Crippen molar-refractivity contribution in [2.45, 2.75) is 25.2 Å². The van der Waals surface area contributed by atoms with E-state index in [1.54, 1.807) is 0 Å². The zero-order valence-corrected chi connectivity index (χ0v) is 14.1. The van der Waals surface area contributed by atoms with E-state index in [0.717, 1.165) is 25.9 Å². The van der Waals surface area contributed by atoms with Crippen molar-refractivity contribution in [3.05, 3.63) is 60.2 Å². The minimum absolute atomic E-state index is 0.0888. The van der Waals surface area contributed by atoms with E-state index in [1.807, 2.05) is 11.0 Å². The van der Waals surface area contributed by atoms with Crippen LogP contribution in [0.3, 0.4) is 0 Å². The Morgan fingerprint density at radius 3 is 2.56 bits per heavy atom. The van der Waals surface area contributed by atoms with Crippen molar-refractivity contribution in [2.24, 2.45) is 0 Å². The average molecular weight is 338 g/mol. The van der Waals surface area contributed by atoms with Crippen molar-refractivity contribution >= 4 is 11.8 Å². The first kappa shape index (κ1) is 17.1. The standard InChI is InChI=1S/C19H22N4O2/c24-18(6-9-22-19(25)17-14-20-10-11-21-17)23-12-7-16(8-13-23)15-4-2-1-3-5-15/h1-5,10-11,14,16H,6-9,12-13H2,(H,22,25). The lowest BCUT2D eigenvalue weighted by molar-refractivity contribution is -0.132. The molecule has 0 atom stereocenters. The van der Waals surface area contributed by atoms with E-state index in [1.165, 1.54) is 24.2 Å². The third-order valence-electron chi connectivity index (χ3n) is 4.54. The number of carbonyl (C=O) groups is 2. The fraction of sp³-hybridized carbons (Fsp3) is 0.368. The van der Waals surface area contributed by atoms with Crippen LogP contribution in [0.15, 0.2) is 48.9 Å². The van der Waals surface area contributed by atoms with Crippen LogP contribution >= 0.6 is 0 Å². The second-order valence-corrected chi connectivity index (χ2v) is 6.16. The first-order valence-corrected chi connectivity index (χ1v) is 8.61. The molecule has 6 nitrogen and oxygen atoms in total. The predicted molar refractivity (Wildman–Crippen MR) is 94.0 cm³/mol. The van der Waals surface area contributed by atoms with Crippen LogP contribution in [0.25, 0.3) is 0 Å². The molecule has 6 heteroatoms. The van der Waals surface area contributed by atoms with Gasteiger partial charge in [-0.25, -0.2) is 4.98 Å². The molecule has 1 aromatic carbocycles. The van der Waals surface area contributed by atoms with Gasteiger partial charge in [0.15, 0.2) is 0 Å². The second kappa shape index (κ2) is 8.37. The lowest BCUT2D eigenvalue weighted by atomic mass is 9.89. The van der Waals surface area contributed by atoms with Gasteiger partial charge < -0.3 is 10.2 Å². The molecular weight excluding hydrogens is 316 g/mol. The van der Waals surface area contributed by atoms with E-state index >= 15 is 0 Å². The summed E-state index contributed by atoms with van der Waals surface area (Å²) in [6, 6.07) is 10.5. The van der Waals surface area contributed by atoms with Gasteiger partial charge in [0.1, 0.15) is 5.69 Å². The summed E-state index contributed by atoms with van der Waals surface area (Å²) in [5.41, 5.74) is 1.62. The van der Waals surface area contributed by atoms with E-state index in [0.29, 0.717) is 18.9 Å². The van der Waals surface area contributed by atoms with E-state index in [4.69, 9.17) is 0 Å². The van der Waals surface area contributed by atoms with Crippen molar-refractivity contribution in [2.75, 3.05) is 19.6 Å². The number of rotatable bonds is 5. The number of hydrogen-bond donors (Lipinski definition) is 1. The molecule has 0 radical (unpaired) electrons. The predicted octanol–water partition coefficient (Wildman–Crippen LogP) is 2.00. The molecule has 1 aromatic heterocycles. The van der Waals surface area contributed by atoms with Gasteiger partial charge >= 0.3 is 0 Å². The van der Waals surface area contributed by atoms with Crippen LogP contribution in [0.5, 0.6) is 0 Å². The van der Waals surface area contributed by atoms with E-state index in [9.17, 15) is 9.59 Å². The Morgan fingerprint density at radius 1 is 1.12 bits per heavy atom. The van der Waals surface area contributed by atoms with Gasteiger partial charge in [0, 0.05) is 38.4 Å². The minimum atomic E-state index is -0.302. The Morgan fingerprint density at radius 2 is 1.88 bits per heavy atom. The summed E-state index contributed by atoms with van der Waals surface area (Å²) in [5.74, 6) is 0.316. The SMILES string of the molecule is O=C(NCCC(=O)N1CCC(c2ccccc2)CC1)c1cnccn1. The lowest BCUT2D eigenvalue weighted by Gasteiger charge is -2.32. The molecule has 0 unspecified atom stereocenters. The molecule has 1 aliphatic rings. The Bertz CT molecular complexity index is 698. The summed E-state index contributed by atoms with van der Waals surface area (Å²) in [6.45, 7) is 1.86. The van der Waals surface area contributed by atoms with Gasteiger partial charge in [0.25, 0.3) is 5.91 Å². The summed E-state index contributed by atoms with van der Waals surface area (Å²) in [6.07, 6.45) is 6.67. The van der Waals surface area contributed by atoms with Crippen LogP contribution < -0.4 is 5.32 Å². The third kappa shape index (κ3) is 4.62. The summed E-state index contributed by atoms with van der Waals surface area (Å²) in [7, 11) is 0. The zero-order valence-electron chi connectivity index (χ0n) is 14.1. The molecule has 2 aromatic rings. The topological polar surface area (TPSA) is 75.2 Å². The molecule has 1 N–H and O–H groups in total. The number of hydrogen-bond acceptors (Lipinski definition) is 4. The highest BCUT2D eigenvalue weighted by molar-refractivity contribution is 5.92. The molecule has 0 spiro atoms. The molecule has 1 aliphatic heterocycles. The zero-order chi connectivity index (χ0) is 17.5. The number of carbonyl (C=O) groups excluding carboxylic acids is 2. The first-order valence-electron chi connectivity index (χ1n) is 8.61. The van der Waals surface area contributed by atoms with Crippen molar-refractivity contribution in [3.8, 4) is 0 Å². The number of piperidine rings is 1. The molecule has 2 amide bonds.